The second kappa shape index (κ2) is 5.94. The van der Waals surface area contributed by atoms with E-state index in [4.69, 9.17) is 17.0 Å². The summed E-state index contributed by atoms with van der Waals surface area (Å²) in [5.41, 5.74) is 0. The Labute approximate surface area is 84.5 Å². The highest BCUT2D eigenvalue weighted by molar-refractivity contribution is 7.80. The van der Waals surface area contributed by atoms with E-state index in [9.17, 15) is 0 Å². The molecule has 0 aromatic rings. The summed E-state index contributed by atoms with van der Waals surface area (Å²) < 4.78 is 5.32. The summed E-state index contributed by atoms with van der Waals surface area (Å²) in [6, 6.07) is 0.374. The molecule has 4 heteroatoms. The summed E-state index contributed by atoms with van der Waals surface area (Å²) in [5.74, 6) is 0. The minimum atomic E-state index is 0.374. The molecule has 1 aliphatic rings. The summed E-state index contributed by atoms with van der Waals surface area (Å²) >= 11 is 5.07. The Kier molecular flexibility index (Phi) is 4.78. The zero-order valence-electron chi connectivity index (χ0n) is 7.71. The SMILES string of the molecule is C=CCNC(=S)NC1CCCOC1. The topological polar surface area (TPSA) is 33.3 Å². The predicted molar refractivity (Wildman–Crippen MR) is 57.8 cm³/mol. The van der Waals surface area contributed by atoms with Crippen LogP contribution in [0.2, 0.25) is 0 Å². The lowest BCUT2D eigenvalue weighted by Gasteiger charge is -2.24. The second-order valence-electron chi connectivity index (χ2n) is 3.06. The Bertz CT molecular complexity index is 178. The lowest BCUT2D eigenvalue weighted by Crippen LogP contribution is -2.45. The molecule has 0 saturated carbocycles. The third kappa shape index (κ3) is 4.24. The molecule has 1 heterocycles. The van der Waals surface area contributed by atoms with Crippen molar-refractivity contribution in [2.24, 2.45) is 0 Å². The third-order valence-corrected chi connectivity index (χ3v) is 2.16. The number of ether oxygens (including phenoxy) is 1. The van der Waals surface area contributed by atoms with E-state index in [1.165, 1.54) is 0 Å². The predicted octanol–water partition coefficient (Wildman–Crippen LogP) is 0.815. The minimum absolute atomic E-state index is 0.374. The Hall–Kier alpha value is -0.610. The maximum atomic E-state index is 5.32. The first-order valence-electron chi connectivity index (χ1n) is 4.56. The quantitative estimate of drug-likeness (QED) is 0.522. The average Bonchev–Trinajstić information content (AvgIpc) is 2.16. The van der Waals surface area contributed by atoms with Gasteiger partial charge in [0.1, 0.15) is 0 Å². The smallest absolute Gasteiger partial charge is 0.166 e. The highest BCUT2D eigenvalue weighted by atomic mass is 32.1. The zero-order valence-corrected chi connectivity index (χ0v) is 8.53. The van der Waals surface area contributed by atoms with Gasteiger partial charge in [0, 0.05) is 13.2 Å². The molecular formula is C9H16N2OS. The summed E-state index contributed by atoms with van der Waals surface area (Å²) in [6.45, 7) is 5.95. The van der Waals surface area contributed by atoms with Crippen LogP contribution >= 0.6 is 12.2 Å². The van der Waals surface area contributed by atoms with Gasteiger partial charge in [-0.3, -0.25) is 0 Å². The van der Waals surface area contributed by atoms with Crippen molar-refractivity contribution in [1.29, 1.82) is 0 Å². The first-order valence-corrected chi connectivity index (χ1v) is 4.96. The molecule has 13 heavy (non-hydrogen) atoms. The molecular weight excluding hydrogens is 184 g/mol. The molecule has 1 saturated heterocycles. The summed E-state index contributed by atoms with van der Waals surface area (Å²) in [5, 5.41) is 6.92. The van der Waals surface area contributed by atoms with Gasteiger partial charge >= 0.3 is 0 Å². The van der Waals surface area contributed by atoms with Gasteiger partial charge in [0.2, 0.25) is 0 Å². The van der Waals surface area contributed by atoms with Crippen LogP contribution in [0.5, 0.6) is 0 Å². The van der Waals surface area contributed by atoms with Gasteiger partial charge in [-0.1, -0.05) is 6.08 Å². The number of nitrogens with one attached hydrogen (secondary N) is 2. The Morgan fingerprint density at radius 3 is 3.15 bits per heavy atom. The maximum Gasteiger partial charge on any atom is 0.166 e. The summed E-state index contributed by atoms with van der Waals surface area (Å²) in [6.07, 6.45) is 4.03. The molecule has 1 unspecified atom stereocenters. The van der Waals surface area contributed by atoms with Crippen molar-refractivity contribution >= 4 is 17.3 Å². The highest BCUT2D eigenvalue weighted by Gasteiger charge is 2.13. The monoisotopic (exact) mass is 200 g/mol. The van der Waals surface area contributed by atoms with Gasteiger partial charge in [0.05, 0.1) is 12.6 Å². The summed E-state index contributed by atoms with van der Waals surface area (Å²) in [4.78, 5) is 0. The molecule has 0 aromatic carbocycles. The van der Waals surface area contributed by atoms with Gasteiger partial charge in [-0.25, -0.2) is 0 Å². The molecule has 0 aromatic heterocycles. The van der Waals surface area contributed by atoms with E-state index >= 15 is 0 Å². The van der Waals surface area contributed by atoms with Gasteiger partial charge in [-0.15, -0.1) is 6.58 Å². The zero-order chi connectivity index (χ0) is 9.52. The van der Waals surface area contributed by atoms with Crippen LogP contribution in [0, 0.1) is 0 Å². The van der Waals surface area contributed by atoms with E-state index in [0.717, 1.165) is 26.1 Å². The van der Waals surface area contributed by atoms with Crippen LogP contribution in [0.4, 0.5) is 0 Å². The van der Waals surface area contributed by atoms with Crippen LogP contribution in [0.1, 0.15) is 12.8 Å². The maximum absolute atomic E-state index is 5.32. The van der Waals surface area contributed by atoms with Gasteiger partial charge in [-0.2, -0.15) is 0 Å². The van der Waals surface area contributed by atoms with E-state index in [1.807, 2.05) is 0 Å². The fourth-order valence-electron chi connectivity index (χ4n) is 1.26. The van der Waals surface area contributed by atoms with Crippen molar-refractivity contribution < 1.29 is 4.74 Å². The van der Waals surface area contributed by atoms with Crippen molar-refractivity contribution in [2.45, 2.75) is 18.9 Å². The van der Waals surface area contributed by atoms with Gasteiger partial charge in [-0.05, 0) is 25.1 Å². The van der Waals surface area contributed by atoms with Crippen molar-refractivity contribution in [3.05, 3.63) is 12.7 Å². The molecule has 1 fully saturated rings. The Balaban J connectivity index is 2.14. The lowest BCUT2D eigenvalue weighted by atomic mass is 10.1. The van der Waals surface area contributed by atoms with Crippen LogP contribution < -0.4 is 10.6 Å². The van der Waals surface area contributed by atoms with E-state index in [0.29, 0.717) is 17.7 Å². The van der Waals surface area contributed by atoms with Gasteiger partial charge in [0.25, 0.3) is 0 Å². The van der Waals surface area contributed by atoms with Crippen LogP contribution in [-0.4, -0.2) is 30.9 Å². The molecule has 1 rings (SSSR count). The first kappa shape index (κ1) is 10.5. The number of hydrogen-bond acceptors (Lipinski definition) is 2. The average molecular weight is 200 g/mol. The fourth-order valence-corrected chi connectivity index (χ4v) is 1.51. The molecule has 0 bridgehead atoms. The molecule has 1 aliphatic heterocycles. The van der Waals surface area contributed by atoms with E-state index < -0.39 is 0 Å². The fraction of sp³-hybridized carbons (Fsp3) is 0.667. The third-order valence-electron chi connectivity index (χ3n) is 1.90. The van der Waals surface area contributed by atoms with Crippen LogP contribution in [0.3, 0.4) is 0 Å². The number of rotatable bonds is 3. The number of hydrogen-bond donors (Lipinski definition) is 2. The van der Waals surface area contributed by atoms with Crippen LogP contribution in [0.25, 0.3) is 0 Å². The van der Waals surface area contributed by atoms with Crippen molar-refractivity contribution in [3.8, 4) is 0 Å². The van der Waals surface area contributed by atoms with Crippen LogP contribution in [0.15, 0.2) is 12.7 Å². The van der Waals surface area contributed by atoms with E-state index in [-0.39, 0.29) is 0 Å². The normalized spacial score (nSPS) is 22.0. The summed E-state index contributed by atoms with van der Waals surface area (Å²) in [7, 11) is 0. The first-order chi connectivity index (χ1) is 6.33. The molecule has 1 atom stereocenters. The van der Waals surface area contributed by atoms with Gasteiger partial charge < -0.3 is 15.4 Å². The molecule has 2 N–H and O–H groups in total. The molecule has 0 aliphatic carbocycles. The molecule has 74 valence electrons. The second-order valence-corrected chi connectivity index (χ2v) is 3.47. The highest BCUT2D eigenvalue weighted by Crippen LogP contribution is 2.05. The Morgan fingerprint density at radius 2 is 2.54 bits per heavy atom. The van der Waals surface area contributed by atoms with Crippen molar-refractivity contribution in [1.82, 2.24) is 10.6 Å². The molecule has 3 nitrogen and oxygen atoms in total. The van der Waals surface area contributed by atoms with Crippen LogP contribution in [-0.2, 0) is 4.74 Å². The van der Waals surface area contributed by atoms with E-state index in [1.54, 1.807) is 6.08 Å². The standard InChI is InChI=1S/C9H16N2OS/c1-2-5-10-9(13)11-8-4-3-6-12-7-8/h2,8H,1,3-7H2,(H2,10,11,13). The number of thiocarbonyl (C=S) groups is 1. The molecule has 0 radical (unpaired) electrons. The largest absolute Gasteiger partial charge is 0.379 e. The molecule has 0 amide bonds. The lowest BCUT2D eigenvalue weighted by molar-refractivity contribution is 0.0764. The Morgan fingerprint density at radius 1 is 1.69 bits per heavy atom. The van der Waals surface area contributed by atoms with Crippen molar-refractivity contribution in [2.75, 3.05) is 19.8 Å². The van der Waals surface area contributed by atoms with E-state index in [2.05, 4.69) is 17.2 Å². The van der Waals surface area contributed by atoms with Crippen molar-refractivity contribution in [3.63, 3.8) is 0 Å². The van der Waals surface area contributed by atoms with Gasteiger partial charge in [0.15, 0.2) is 5.11 Å². The minimum Gasteiger partial charge on any atom is -0.379 e. The molecule has 0 spiro atoms.